The molecule has 0 unspecified atom stereocenters. The predicted molar refractivity (Wildman–Crippen MR) is 93.0 cm³/mol. The molecular formula is C18H21NO3S. The van der Waals surface area contributed by atoms with E-state index in [1.165, 1.54) is 11.3 Å². The van der Waals surface area contributed by atoms with Crippen LogP contribution in [0.15, 0.2) is 36.4 Å². The van der Waals surface area contributed by atoms with Crippen LogP contribution in [0.5, 0.6) is 0 Å². The third kappa shape index (κ3) is 4.93. The van der Waals surface area contributed by atoms with E-state index in [0.717, 1.165) is 23.3 Å². The minimum absolute atomic E-state index is 0.133. The second-order valence-corrected chi connectivity index (χ2v) is 6.27. The normalized spacial score (nSPS) is 10.3. The molecule has 2 aromatic rings. The molecule has 0 aliphatic rings. The number of carbonyl (C=O) groups is 2. The Kier molecular flexibility index (Phi) is 6.35. The summed E-state index contributed by atoms with van der Waals surface area (Å²) in [6.45, 7) is 4.16. The number of nitrogens with one attached hydrogen (secondary N) is 1. The fourth-order valence-corrected chi connectivity index (χ4v) is 3.38. The summed E-state index contributed by atoms with van der Waals surface area (Å²) >= 11 is 1.44. The van der Waals surface area contributed by atoms with Gasteiger partial charge in [0.15, 0.2) is 0 Å². The maximum absolute atomic E-state index is 12.2. The fraction of sp³-hybridized carbons (Fsp3) is 0.333. The summed E-state index contributed by atoms with van der Waals surface area (Å²) < 4.78 is 5.08. The molecule has 4 nitrogen and oxygen atoms in total. The standard InChI is InChI=1S/C18H21NO3S/c1-3-8-14-12-15(18(21)22-4-2)17(23-14)19-16(20)11-13-9-6-5-7-10-13/h5-7,9-10,12H,3-4,8,11H2,1-2H3,(H,19,20). The van der Waals surface area contributed by atoms with Crippen molar-refractivity contribution in [2.45, 2.75) is 33.1 Å². The number of hydrogen-bond donors (Lipinski definition) is 1. The lowest BCUT2D eigenvalue weighted by atomic mass is 10.1. The molecule has 1 amide bonds. The SMILES string of the molecule is CCCc1cc(C(=O)OCC)c(NC(=O)Cc2ccccc2)s1. The van der Waals surface area contributed by atoms with Crippen molar-refractivity contribution in [1.82, 2.24) is 0 Å². The van der Waals surface area contributed by atoms with Gasteiger partial charge in [0.2, 0.25) is 5.91 Å². The molecule has 23 heavy (non-hydrogen) atoms. The van der Waals surface area contributed by atoms with Gasteiger partial charge in [-0.05, 0) is 25.0 Å². The number of amides is 1. The van der Waals surface area contributed by atoms with Crippen LogP contribution in [0.1, 0.15) is 41.1 Å². The minimum atomic E-state index is -0.388. The molecule has 0 saturated carbocycles. The molecule has 0 fully saturated rings. The van der Waals surface area contributed by atoms with Crippen LogP contribution in [0.3, 0.4) is 0 Å². The van der Waals surface area contributed by atoms with E-state index in [4.69, 9.17) is 4.74 Å². The van der Waals surface area contributed by atoms with Crippen LogP contribution in [-0.4, -0.2) is 18.5 Å². The van der Waals surface area contributed by atoms with Gasteiger partial charge in [0, 0.05) is 4.88 Å². The Bertz CT molecular complexity index is 664. The average Bonchev–Trinajstić information content (AvgIpc) is 2.91. The highest BCUT2D eigenvalue weighted by atomic mass is 32.1. The lowest BCUT2D eigenvalue weighted by Gasteiger charge is -2.06. The van der Waals surface area contributed by atoms with E-state index in [0.29, 0.717) is 17.2 Å². The molecular weight excluding hydrogens is 310 g/mol. The number of benzene rings is 1. The van der Waals surface area contributed by atoms with Gasteiger partial charge in [0.05, 0.1) is 18.6 Å². The van der Waals surface area contributed by atoms with E-state index < -0.39 is 0 Å². The van der Waals surface area contributed by atoms with Gasteiger partial charge in [0.1, 0.15) is 5.00 Å². The van der Waals surface area contributed by atoms with Crippen LogP contribution in [-0.2, 0) is 22.4 Å². The van der Waals surface area contributed by atoms with E-state index in [1.54, 1.807) is 6.92 Å². The Morgan fingerprint density at radius 3 is 2.57 bits per heavy atom. The fourth-order valence-electron chi connectivity index (χ4n) is 2.22. The number of ether oxygens (including phenoxy) is 1. The average molecular weight is 331 g/mol. The first-order valence-corrected chi connectivity index (χ1v) is 8.59. The van der Waals surface area contributed by atoms with Crippen molar-refractivity contribution in [3.8, 4) is 0 Å². The second-order valence-electron chi connectivity index (χ2n) is 5.14. The summed E-state index contributed by atoms with van der Waals surface area (Å²) in [5, 5.41) is 3.43. The molecule has 0 bridgehead atoms. The van der Waals surface area contributed by atoms with Gasteiger partial charge in [-0.2, -0.15) is 0 Å². The number of esters is 1. The molecule has 0 atom stereocenters. The zero-order chi connectivity index (χ0) is 16.7. The van der Waals surface area contributed by atoms with Crippen molar-refractivity contribution < 1.29 is 14.3 Å². The molecule has 1 aromatic heterocycles. The molecule has 122 valence electrons. The van der Waals surface area contributed by atoms with Crippen LogP contribution in [0.25, 0.3) is 0 Å². The monoisotopic (exact) mass is 331 g/mol. The van der Waals surface area contributed by atoms with Crippen LogP contribution in [0.4, 0.5) is 5.00 Å². The second kappa shape index (κ2) is 8.48. The largest absolute Gasteiger partial charge is 0.462 e. The molecule has 0 saturated heterocycles. The lowest BCUT2D eigenvalue weighted by molar-refractivity contribution is -0.115. The highest BCUT2D eigenvalue weighted by molar-refractivity contribution is 7.16. The number of anilines is 1. The van der Waals surface area contributed by atoms with Crippen LogP contribution < -0.4 is 5.32 Å². The lowest BCUT2D eigenvalue weighted by Crippen LogP contribution is -2.16. The molecule has 0 aliphatic heterocycles. The van der Waals surface area contributed by atoms with Crippen molar-refractivity contribution in [2.24, 2.45) is 0 Å². The first-order valence-electron chi connectivity index (χ1n) is 7.77. The predicted octanol–water partition coefficient (Wildman–Crippen LogP) is 4.06. The van der Waals surface area contributed by atoms with Crippen molar-refractivity contribution in [3.05, 3.63) is 52.4 Å². The smallest absolute Gasteiger partial charge is 0.341 e. The summed E-state index contributed by atoms with van der Waals surface area (Å²) in [7, 11) is 0. The Labute approximate surface area is 140 Å². The Balaban J connectivity index is 2.13. The van der Waals surface area contributed by atoms with Gasteiger partial charge in [0.25, 0.3) is 0 Å². The topological polar surface area (TPSA) is 55.4 Å². The molecule has 0 radical (unpaired) electrons. The van der Waals surface area contributed by atoms with E-state index >= 15 is 0 Å². The van der Waals surface area contributed by atoms with E-state index in [-0.39, 0.29) is 18.3 Å². The molecule has 0 aliphatic carbocycles. The maximum Gasteiger partial charge on any atom is 0.341 e. The summed E-state index contributed by atoms with van der Waals surface area (Å²) in [6.07, 6.45) is 2.15. The number of hydrogen-bond acceptors (Lipinski definition) is 4. The Morgan fingerprint density at radius 2 is 1.91 bits per heavy atom. The van der Waals surface area contributed by atoms with Crippen molar-refractivity contribution >= 4 is 28.2 Å². The van der Waals surface area contributed by atoms with Gasteiger partial charge >= 0.3 is 5.97 Å². The summed E-state index contributed by atoms with van der Waals surface area (Å²) in [6, 6.07) is 11.3. The first-order chi connectivity index (χ1) is 11.1. The number of carbonyl (C=O) groups excluding carboxylic acids is 2. The number of rotatable bonds is 7. The van der Waals surface area contributed by atoms with E-state index in [1.807, 2.05) is 36.4 Å². The molecule has 2 rings (SSSR count). The zero-order valence-electron chi connectivity index (χ0n) is 13.4. The maximum atomic E-state index is 12.2. The quantitative estimate of drug-likeness (QED) is 0.779. The number of thiophene rings is 1. The van der Waals surface area contributed by atoms with Gasteiger partial charge in [-0.25, -0.2) is 4.79 Å². The van der Waals surface area contributed by atoms with E-state index in [2.05, 4.69) is 12.2 Å². The molecule has 1 heterocycles. The summed E-state index contributed by atoms with van der Waals surface area (Å²) in [5.41, 5.74) is 1.38. The van der Waals surface area contributed by atoms with Crippen LogP contribution in [0.2, 0.25) is 0 Å². The van der Waals surface area contributed by atoms with Crippen molar-refractivity contribution in [3.63, 3.8) is 0 Å². The molecule has 5 heteroatoms. The molecule has 1 aromatic carbocycles. The van der Waals surface area contributed by atoms with Gasteiger partial charge < -0.3 is 10.1 Å². The highest BCUT2D eigenvalue weighted by Gasteiger charge is 2.18. The highest BCUT2D eigenvalue weighted by Crippen LogP contribution is 2.30. The first kappa shape index (κ1) is 17.2. The van der Waals surface area contributed by atoms with Crippen LogP contribution >= 0.6 is 11.3 Å². The third-order valence-electron chi connectivity index (χ3n) is 3.24. The third-order valence-corrected chi connectivity index (χ3v) is 4.35. The number of aryl methyl sites for hydroxylation is 1. The van der Waals surface area contributed by atoms with E-state index in [9.17, 15) is 9.59 Å². The summed E-state index contributed by atoms with van der Waals surface area (Å²) in [5.74, 6) is -0.521. The van der Waals surface area contributed by atoms with Gasteiger partial charge in [-0.15, -0.1) is 11.3 Å². The Morgan fingerprint density at radius 1 is 1.17 bits per heavy atom. The molecule has 0 spiro atoms. The zero-order valence-corrected chi connectivity index (χ0v) is 14.2. The van der Waals surface area contributed by atoms with Crippen molar-refractivity contribution in [1.29, 1.82) is 0 Å². The minimum Gasteiger partial charge on any atom is -0.462 e. The van der Waals surface area contributed by atoms with Crippen molar-refractivity contribution in [2.75, 3.05) is 11.9 Å². The van der Waals surface area contributed by atoms with Gasteiger partial charge in [-0.3, -0.25) is 4.79 Å². The Hall–Kier alpha value is -2.14. The van der Waals surface area contributed by atoms with Gasteiger partial charge in [-0.1, -0.05) is 43.7 Å². The molecule has 1 N–H and O–H groups in total. The summed E-state index contributed by atoms with van der Waals surface area (Å²) in [4.78, 5) is 25.4. The van der Waals surface area contributed by atoms with Crippen LogP contribution in [0, 0.1) is 0 Å².